The Balaban J connectivity index is 3.16. The van der Waals surface area contributed by atoms with Crippen LogP contribution in [0.3, 0.4) is 0 Å². The summed E-state index contributed by atoms with van der Waals surface area (Å²) in [5, 5.41) is 9.71. The Morgan fingerprint density at radius 3 is 2.82 bits per heavy atom. The number of phenols is 1. The molecule has 0 unspecified atom stereocenters. The molecule has 1 rings (SSSR count). The summed E-state index contributed by atoms with van der Waals surface area (Å²) in [5.74, 6) is 4.46. The smallest absolute Gasteiger partial charge is 0.229 e. The quantitative estimate of drug-likeness (QED) is 0.585. The van der Waals surface area contributed by atoms with Crippen LogP contribution < -0.4 is 10.5 Å². The van der Waals surface area contributed by atoms with E-state index in [-0.39, 0.29) is 23.5 Å². The van der Waals surface area contributed by atoms with Crippen molar-refractivity contribution in [3.05, 3.63) is 23.3 Å². The highest BCUT2D eigenvalue weighted by Crippen LogP contribution is 2.30. The molecule has 0 aromatic heterocycles. The van der Waals surface area contributed by atoms with Gasteiger partial charge < -0.3 is 15.6 Å². The average molecular weight is 233 g/mol. The number of benzene rings is 1. The lowest BCUT2D eigenvalue weighted by Crippen LogP contribution is -2.08. The average Bonchev–Trinajstić information content (AvgIpc) is 2.31. The molecule has 0 radical (unpaired) electrons. The molecule has 88 valence electrons. The standard InChI is InChI=1S/C12H11NO4/c1-17-10-6-8(7-14)5-9(12(10)16)3-2-4-11(13)15/h5-7,16H,4H2,1H3,(H2,13,15). The fourth-order valence-electron chi connectivity index (χ4n) is 1.17. The SMILES string of the molecule is COc1cc(C=O)cc(C#CCC(N)=O)c1O. The first-order valence-electron chi connectivity index (χ1n) is 4.71. The van der Waals surface area contributed by atoms with Gasteiger partial charge in [-0.3, -0.25) is 9.59 Å². The van der Waals surface area contributed by atoms with Crippen LogP contribution in [0.25, 0.3) is 0 Å². The van der Waals surface area contributed by atoms with Gasteiger partial charge in [-0.15, -0.1) is 0 Å². The second kappa shape index (κ2) is 5.56. The van der Waals surface area contributed by atoms with Gasteiger partial charge >= 0.3 is 0 Å². The summed E-state index contributed by atoms with van der Waals surface area (Å²) in [6, 6.07) is 2.79. The number of carbonyl (C=O) groups excluding carboxylic acids is 2. The van der Waals surface area contributed by atoms with Gasteiger partial charge in [-0.05, 0) is 12.1 Å². The van der Waals surface area contributed by atoms with E-state index in [0.717, 1.165) is 0 Å². The van der Waals surface area contributed by atoms with Crippen molar-refractivity contribution in [3.63, 3.8) is 0 Å². The number of amides is 1. The summed E-state index contributed by atoms with van der Waals surface area (Å²) in [4.78, 5) is 21.2. The maximum Gasteiger partial charge on any atom is 0.229 e. The molecule has 17 heavy (non-hydrogen) atoms. The van der Waals surface area contributed by atoms with Crippen LogP contribution in [-0.4, -0.2) is 24.4 Å². The van der Waals surface area contributed by atoms with Gasteiger partial charge in [0.05, 0.1) is 19.1 Å². The number of ether oxygens (including phenoxy) is 1. The molecule has 1 amide bonds. The molecular weight excluding hydrogens is 222 g/mol. The summed E-state index contributed by atoms with van der Waals surface area (Å²) >= 11 is 0. The van der Waals surface area contributed by atoms with Crippen LogP contribution in [-0.2, 0) is 4.79 Å². The van der Waals surface area contributed by atoms with E-state index in [1.165, 1.54) is 19.2 Å². The van der Waals surface area contributed by atoms with Gasteiger partial charge in [0.2, 0.25) is 5.91 Å². The van der Waals surface area contributed by atoms with Crippen LogP contribution in [0.1, 0.15) is 22.3 Å². The Kier molecular flexibility index (Phi) is 4.12. The Morgan fingerprint density at radius 1 is 1.59 bits per heavy atom. The van der Waals surface area contributed by atoms with Crippen molar-refractivity contribution >= 4 is 12.2 Å². The summed E-state index contributed by atoms with van der Waals surface area (Å²) < 4.78 is 4.89. The summed E-state index contributed by atoms with van der Waals surface area (Å²) in [7, 11) is 1.37. The van der Waals surface area contributed by atoms with Crippen molar-refractivity contribution in [2.24, 2.45) is 5.73 Å². The monoisotopic (exact) mass is 233 g/mol. The van der Waals surface area contributed by atoms with E-state index < -0.39 is 5.91 Å². The van der Waals surface area contributed by atoms with Gasteiger partial charge in [0.15, 0.2) is 11.5 Å². The maximum absolute atomic E-state index is 10.7. The zero-order chi connectivity index (χ0) is 12.8. The van der Waals surface area contributed by atoms with Gasteiger partial charge in [-0.2, -0.15) is 0 Å². The molecule has 1 aromatic rings. The Bertz CT molecular complexity index is 511. The van der Waals surface area contributed by atoms with E-state index in [4.69, 9.17) is 10.5 Å². The molecule has 0 heterocycles. The molecule has 0 saturated heterocycles. The summed E-state index contributed by atoms with van der Waals surface area (Å²) in [6.45, 7) is 0. The van der Waals surface area contributed by atoms with Gasteiger partial charge in [0.25, 0.3) is 0 Å². The largest absolute Gasteiger partial charge is 0.503 e. The van der Waals surface area contributed by atoms with Crippen LogP contribution in [0.4, 0.5) is 0 Å². The lowest BCUT2D eigenvalue weighted by Gasteiger charge is -2.05. The molecule has 0 aliphatic rings. The third-order valence-electron chi connectivity index (χ3n) is 1.94. The van der Waals surface area contributed by atoms with Crippen LogP contribution in [0.2, 0.25) is 0 Å². The molecule has 0 atom stereocenters. The van der Waals surface area contributed by atoms with Gasteiger partial charge in [-0.1, -0.05) is 11.8 Å². The molecule has 0 saturated carbocycles. The zero-order valence-electron chi connectivity index (χ0n) is 9.19. The Hall–Kier alpha value is -2.48. The highest BCUT2D eigenvalue weighted by Gasteiger charge is 2.08. The molecule has 0 aliphatic heterocycles. The number of carbonyl (C=O) groups is 2. The molecule has 0 spiro atoms. The third-order valence-corrected chi connectivity index (χ3v) is 1.94. The predicted octanol–water partition coefficient (Wildman–Crippen LogP) is 0.440. The summed E-state index contributed by atoms with van der Waals surface area (Å²) in [5.41, 5.74) is 5.46. The lowest BCUT2D eigenvalue weighted by atomic mass is 10.1. The van der Waals surface area contributed by atoms with E-state index in [2.05, 4.69) is 11.8 Å². The van der Waals surface area contributed by atoms with Gasteiger partial charge in [-0.25, -0.2) is 0 Å². The normalized spacial score (nSPS) is 9.00. The summed E-state index contributed by atoms with van der Waals surface area (Å²) in [6.07, 6.45) is 0.494. The van der Waals surface area contributed by atoms with Crippen molar-refractivity contribution in [1.29, 1.82) is 0 Å². The highest BCUT2D eigenvalue weighted by atomic mass is 16.5. The maximum atomic E-state index is 10.7. The minimum atomic E-state index is -0.560. The van der Waals surface area contributed by atoms with E-state index in [9.17, 15) is 14.7 Å². The number of aromatic hydroxyl groups is 1. The van der Waals surface area contributed by atoms with Crippen molar-refractivity contribution in [1.82, 2.24) is 0 Å². The van der Waals surface area contributed by atoms with Crippen molar-refractivity contribution in [2.45, 2.75) is 6.42 Å². The van der Waals surface area contributed by atoms with E-state index in [1.807, 2.05) is 0 Å². The fourth-order valence-corrected chi connectivity index (χ4v) is 1.17. The lowest BCUT2D eigenvalue weighted by molar-refractivity contribution is -0.117. The van der Waals surface area contributed by atoms with Crippen LogP contribution in [0, 0.1) is 11.8 Å². The number of rotatable bonds is 3. The number of methoxy groups -OCH3 is 1. The van der Waals surface area contributed by atoms with Crippen LogP contribution in [0.5, 0.6) is 11.5 Å². The molecule has 3 N–H and O–H groups in total. The number of nitrogens with two attached hydrogens (primary N) is 1. The molecule has 0 fully saturated rings. The zero-order valence-corrected chi connectivity index (χ0v) is 9.19. The first kappa shape index (κ1) is 12.6. The fraction of sp³-hybridized carbons (Fsp3) is 0.167. The molecule has 5 heteroatoms. The minimum absolute atomic E-state index is 0.118. The first-order valence-corrected chi connectivity index (χ1v) is 4.71. The highest BCUT2D eigenvalue weighted by molar-refractivity contribution is 5.79. The molecule has 0 bridgehead atoms. The second-order valence-corrected chi connectivity index (χ2v) is 3.18. The van der Waals surface area contributed by atoms with Crippen molar-refractivity contribution in [2.75, 3.05) is 7.11 Å². The van der Waals surface area contributed by atoms with Crippen LogP contribution >= 0.6 is 0 Å². The number of primary amides is 1. The Morgan fingerprint density at radius 2 is 2.29 bits per heavy atom. The van der Waals surface area contributed by atoms with E-state index in [1.54, 1.807) is 0 Å². The Labute approximate surface area is 98.2 Å². The number of hydrogen-bond donors (Lipinski definition) is 2. The van der Waals surface area contributed by atoms with Crippen LogP contribution in [0.15, 0.2) is 12.1 Å². The van der Waals surface area contributed by atoms with Crippen molar-refractivity contribution < 1.29 is 19.4 Å². The topological polar surface area (TPSA) is 89.6 Å². The van der Waals surface area contributed by atoms with Gasteiger partial charge in [0.1, 0.15) is 6.29 Å². The third kappa shape index (κ3) is 3.24. The van der Waals surface area contributed by atoms with E-state index in [0.29, 0.717) is 11.8 Å². The first-order chi connectivity index (χ1) is 8.08. The number of aldehydes is 1. The van der Waals surface area contributed by atoms with Crippen molar-refractivity contribution in [3.8, 4) is 23.3 Å². The molecular formula is C12H11NO4. The van der Waals surface area contributed by atoms with E-state index >= 15 is 0 Å². The number of phenolic OH excluding ortho intramolecular Hbond substituents is 1. The molecule has 5 nitrogen and oxygen atoms in total. The minimum Gasteiger partial charge on any atom is -0.503 e. The number of hydrogen-bond acceptors (Lipinski definition) is 4. The van der Waals surface area contributed by atoms with Gasteiger partial charge in [0, 0.05) is 5.56 Å². The molecule has 0 aliphatic carbocycles. The molecule has 1 aromatic carbocycles. The second-order valence-electron chi connectivity index (χ2n) is 3.18. The predicted molar refractivity (Wildman–Crippen MR) is 60.7 cm³/mol.